The average molecular weight is 314 g/mol. The summed E-state index contributed by atoms with van der Waals surface area (Å²) in [6.45, 7) is 7.08. The van der Waals surface area contributed by atoms with E-state index in [1.165, 1.54) is 24.3 Å². The van der Waals surface area contributed by atoms with Gasteiger partial charge in [-0.25, -0.2) is 0 Å². The van der Waals surface area contributed by atoms with Gasteiger partial charge in [0, 0.05) is 25.7 Å². The Morgan fingerprint density at radius 1 is 1.33 bits per heavy atom. The third kappa shape index (κ3) is 3.75. The van der Waals surface area contributed by atoms with E-state index in [9.17, 15) is 0 Å². The summed E-state index contributed by atoms with van der Waals surface area (Å²) in [5, 5.41) is 0. The molecule has 3 unspecified atom stereocenters. The van der Waals surface area contributed by atoms with E-state index in [4.69, 9.17) is 15.2 Å². The number of ether oxygens (including phenoxy) is 2. The van der Waals surface area contributed by atoms with Crippen LogP contribution in [-0.4, -0.2) is 67.0 Å². The van der Waals surface area contributed by atoms with E-state index in [0.29, 0.717) is 5.92 Å². The predicted molar refractivity (Wildman–Crippen MR) is 87.8 cm³/mol. The maximum atomic E-state index is 6.62. The van der Waals surface area contributed by atoms with Gasteiger partial charge in [-0.2, -0.15) is 11.8 Å². The molecule has 3 heterocycles. The standard InChI is InChI=1S/C16H30N2O2S/c1-2-18-6-8-19-14(12-18)15(17)13-3-7-20-16(11-13)4-9-21-10-5-16/h13-15H,2-12,17H2,1H3. The van der Waals surface area contributed by atoms with Crippen molar-refractivity contribution in [2.45, 2.75) is 50.4 Å². The molecule has 5 heteroatoms. The van der Waals surface area contributed by atoms with E-state index in [1.807, 2.05) is 0 Å². The Hall–Kier alpha value is 0.190. The van der Waals surface area contributed by atoms with Gasteiger partial charge < -0.3 is 15.2 Å². The maximum absolute atomic E-state index is 6.62. The van der Waals surface area contributed by atoms with Gasteiger partial charge in [0.2, 0.25) is 0 Å². The van der Waals surface area contributed by atoms with E-state index in [0.717, 1.165) is 45.7 Å². The normalized spacial score (nSPS) is 35.7. The van der Waals surface area contributed by atoms with E-state index in [2.05, 4.69) is 23.6 Å². The van der Waals surface area contributed by atoms with Crippen LogP contribution >= 0.6 is 11.8 Å². The minimum atomic E-state index is 0.130. The first-order valence-corrected chi connectivity index (χ1v) is 9.69. The molecule has 3 rings (SSSR count). The molecule has 3 aliphatic heterocycles. The smallest absolute Gasteiger partial charge is 0.0855 e. The molecule has 0 aromatic carbocycles. The molecule has 3 aliphatic rings. The van der Waals surface area contributed by atoms with Gasteiger partial charge in [-0.3, -0.25) is 4.90 Å². The summed E-state index contributed by atoms with van der Waals surface area (Å²) in [6, 6.07) is 0.162. The van der Waals surface area contributed by atoms with E-state index >= 15 is 0 Å². The SMILES string of the molecule is CCN1CCOC(C(N)C2CCOC3(CCSCC3)C2)C1. The molecule has 0 aromatic heterocycles. The molecule has 0 radical (unpaired) electrons. The van der Waals surface area contributed by atoms with Gasteiger partial charge in [-0.05, 0) is 49.7 Å². The van der Waals surface area contributed by atoms with Gasteiger partial charge in [0.25, 0.3) is 0 Å². The zero-order valence-corrected chi connectivity index (χ0v) is 14.1. The summed E-state index contributed by atoms with van der Waals surface area (Å²) in [4.78, 5) is 2.46. The lowest BCUT2D eigenvalue weighted by Crippen LogP contribution is -2.56. The van der Waals surface area contributed by atoms with Crippen molar-refractivity contribution in [3.63, 3.8) is 0 Å². The third-order valence-corrected chi connectivity index (χ3v) is 6.52. The lowest BCUT2D eigenvalue weighted by atomic mass is 9.77. The quantitative estimate of drug-likeness (QED) is 0.859. The van der Waals surface area contributed by atoms with Crippen molar-refractivity contribution in [1.29, 1.82) is 0 Å². The molecular weight excluding hydrogens is 284 g/mol. The van der Waals surface area contributed by atoms with Crippen molar-refractivity contribution in [2.75, 3.05) is 44.4 Å². The van der Waals surface area contributed by atoms with Gasteiger partial charge in [0.05, 0.1) is 18.3 Å². The second-order valence-corrected chi connectivity index (χ2v) is 8.00. The molecule has 0 saturated carbocycles. The number of rotatable bonds is 3. The Balaban J connectivity index is 1.59. The highest BCUT2D eigenvalue weighted by atomic mass is 32.2. The van der Waals surface area contributed by atoms with Crippen LogP contribution in [0.25, 0.3) is 0 Å². The minimum absolute atomic E-state index is 0.130. The molecule has 3 saturated heterocycles. The van der Waals surface area contributed by atoms with E-state index in [-0.39, 0.29) is 17.7 Å². The van der Waals surface area contributed by atoms with Gasteiger partial charge in [-0.15, -0.1) is 0 Å². The van der Waals surface area contributed by atoms with Crippen molar-refractivity contribution in [2.24, 2.45) is 11.7 Å². The van der Waals surface area contributed by atoms with Crippen LogP contribution < -0.4 is 5.73 Å². The molecule has 0 amide bonds. The van der Waals surface area contributed by atoms with Crippen molar-refractivity contribution in [3.8, 4) is 0 Å². The Morgan fingerprint density at radius 3 is 2.90 bits per heavy atom. The molecule has 1 spiro atoms. The molecule has 21 heavy (non-hydrogen) atoms. The predicted octanol–water partition coefficient (Wildman–Crippen LogP) is 1.73. The maximum Gasteiger partial charge on any atom is 0.0855 e. The summed E-state index contributed by atoms with van der Waals surface area (Å²) >= 11 is 2.06. The fourth-order valence-electron chi connectivity index (χ4n) is 4.04. The van der Waals surface area contributed by atoms with Crippen molar-refractivity contribution in [1.82, 2.24) is 4.90 Å². The van der Waals surface area contributed by atoms with Gasteiger partial charge >= 0.3 is 0 Å². The number of hydrogen-bond donors (Lipinski definition) is 1. The fraction of sp³-hybridized carbons (Fsp3) is 1.00. The second-order valence-electron chi connectivity index (χ2n) is 6.78. The van der Waals surface area contributed by atoms with E-state index < -0.39 is 0 Å². The largest absolute Gasteiger partial charge is 0.375 e. The summed E-state index contributed by atoms with van der Waals surface area (Å²) < 4.78 is 12.2. The van der Waals surface area contributed by atoms with Crippen molar-refractivity contribution in [3.05, 3.63) is 0 Å². The molecule has 4 nitrogen and oxygen atoms in total. The van der Waals surface area contributed by atoms with Crippen LogP contribution in [0.2, 0.25) is 0 Å². The first-order chi connectivity index (χ1) is 10.2. The Bertz CT molecular complexity index is 331. The highest BCUT2D eigenvalue weighted by Gasteiger charge is 2.42. The zero-order chi connectivity index (χ0) is 14.7. The van der Waals surface area contributed by atoms with Crippen molar-refractivity contribution >= 4 is 11.8 Å². The molecule has 2 N–H and O–H groups in total. The summed E-state index contributed by atoms with van der Waals surface area (Å²) in [7, 11) is 0. The van der Waals surface area contributed by atoms with E-state index in [1.54, 1.807) is 0 Å². The number of likely N-dealkylation sites (N-methyl/N-ethyl adjacent to an activating group) is 1. The van der Waals surface area contributed by atoms with Gasteiger partial charge in [-0.1, -0.05) is 6.92 Å². The first kappa shape index (κ1) is 16.1. The molecule has 122 valence electrons. The third-order valence-electron chi connectivity index (χ3n) is 5.53. The van der Waals surface area contributed by atoms with Crippen LogP contribution in [0.1, 0.15) is 32.6 Å². The number of morpholine rings is 1. The fourth-order valence-corrected chi connectivity index (χ4v) is 5.28. The van der Waals surface area contributed by atoms with Crippen LogP contribution in [0.3, 0.4) is 0 Å². The Morgan fingerprint density at radius 2 is 2.14 bits per heavy atom. The number of nitrogens with zero attached hydrogens (tertiary/aromatic N) is 1. The number of hydrogen-bond acceptors (Lipinski definition) is 5. The molecule has 3 atom stereocenters. The Kier molecular flexibility index (Phi) is 5.49. The highest BCUT2D eigenvalue weighted by Crippen LogP contribution is 2.41. The summed E-state index contributed by atoms with van der Waals surface area (Å²) in [5.41, 5.74) is 6.75. The van der Waals surface area contributed by atoms with Gasteiger partial charge in [0.15, 0.2) is 0 Å². The first-order valence-electron chi connectivity index (χ1n) is 8.54. The van der Waals surface area contributed by atoms with Crippen LogP contribution in [0, 0.1) is 5.92 Å². The highest BCUT2D eigenvalue weighted by molar-refractivity contribution is 7.99. The molecular formula is C16H30N2O2S. The zero-order valence-electron chi connectivity index (χ0n) is 13.3. The molecule has 0 aromatic rings. The summed E-state index contributed by atoms with van der Waals surface area (Å²) in [5.74, 6) is 3.04. The average Bonchev–Trinajstić information content (AvgIpc) is 2.55. The molecule has 3 fully saturated rings. The Labute approximate surface area is 133 Å². The lowest BCUT2D eigenvalue weighted by Gasteiger charge is -2.46. The van der Waals surface area contributed by atoms with Crippen molar-refractivity contribution < 1.29 is 9.47 Å². The van der Waals surface area contributed by atoms with Crippen LogP contribution in [0.4, 0.5) is 0 Å². The number of nitrogens with two attached hydrogens (primary N) is 1. The van der Waals surface area contributed by atoms with Gasteiger partial charge in [0.1, 0.15) is 0 Å². The monoisotopic (exact) mass is 314 g/mol. The van der Waals surface area contributed by atoms with Crippen LogP contribution in [0.15, 0.2) is 0 Å². The number of thioether (sulfide) groups is 1. The minimum Gasteiger partial charge on any atom is -0.375 e. The van der Waals surface area contributed by atoms with Crippen LogP contribution in [0.5, 0.6) is 0 Å². The second kappa shape index (κ2) is 7.18. The lowest BCUT2D eigenvalue weighted by molar-refractivity contribution is -0.120. The summed E-state index contributed by atoms with van der Waals surface area (Å²) in [6.07, 6.45) is 4.85. The molecule has 0 bridgehead atoms. The molecule has 0 aliphatic carbocycles. The van der Waals surface area contributed by atoms with Crippen LogP contribution in [-0.2, 0) is 9.47 Å². The topological polar surface area (TPSA) is 47.7 Å².